The molecule has 10 nitrogen and oxygen atoms in total. The van der Waals surface area contributed by atoms with Crippen LogP contribution in [0, 0.1) is 0 Å². The Morgan fingerprint density at radius 2 is 1.87 bits per heavy atom. The van der Waals surface area contributed by atoms with Gasteiger partial charge in [0.2, 0.25) is 0 Å². The summed E-state index contributed by atoms with van der Waals surface area (Å²) in [5, 5.41) is 3.54. The SMILES string of the molecule is COc1cc(-c2cc3cc(CCCN(C)C)ccc3n2C(=O)OC(C)(C)C)c2c(c1OS(C)(=O)=O)CNC2=O. The number of hydrogen-bond acceptors (Lipinski definition) is 8. The highest BCUT2D eigenvalue weighted by atomic mass is 32.2. The van der Waals surface area contributed by atoms with Gasteiger partial charge in [-0.2, -0.15) is 8.42 Å². The van der Waals surface area contributed by atoms with Crippen LogP contribution in [0.1, 0.15) is 48.7 Å². The first-order valence-electron chi connectivity index (χ1n) is 12.6. The molecule has 1 aromatic heterocycles. The van der Waals surface area contributed by atoms with E-state index in [4.69, 9.17) is 13.7 Å². The Morgan fingerprint density at radius 3 is 2.49 bits per heavy atom. The largest absolute Gasteiger partial charge is 0.493 e. The Hall–Kier alpha value is -3.57. The summed E-state index contributed by atoms with van der Waals surface area (Å²) in [4.78, 5) is 28.7. The van der Waals surface area contributed by atoms with Crippen LogP contribution < -0.4 is 14.2 Å². The second kappa shape index (κ2) is 10.5. The van der Waals surface area contributed by atoms with E-state index in [1.54, 1.807) is 20.8 Å². The zero-order valence-corrected chi connectivity index (χ0v) is 24.2. The maximum Gasteiger partial charge on any atom is 0.419 e. The molecule has 3 aromatic rings. The summed E-state index contributed by atoms with van der Waals surface area (Å²) >= 11 is 0. The van der Waals surface area contributed by atoms with Crippen LogP contribution >= 0.6 is 0 Å². The van der Waals surface area contributed by atoms with Crippen molar-refractivity contribution in [2.24, 2.45) is 0 Å². The van der Waals surface area contributed by atoms with E-state index < -0.39 is 27.7 Å². The lowest BCUT2D eigenvalue weighted by atomic mass is 9.98. The number of aryl methyl sites for hydroxylation is 1. The molecule has 0 saturated carbocycles. The number of benzene rings is 2. The molecule has 1 aliphatic heterocycles. The molecule has 4 rings (SSSR count). The van der Waals surface area contributed by atoms with Gasteiger partial charge in [-0.25, -0.2) is 9.36 Å². The number of hydrogen-bond donors (Lipinski definition) is 1. The van der Waals surface area contributed by atoms with E-state index >= 15 is 0 Å². The Balaban J connectivity index is 1.95. The molecule has 0 spiro atoms. The van der Waals surface area contributed by atoms with Gasteiger partial charge >= 0.3 is 16.2 Å². The minimum Gasteiger partial charge on any atom is -0.493 e. The maximum absolute atomic E-state index is 13.6. The van der Waals surface area contributed by atoms with Crippen molar-refractivity contribution in [3.8, 4) is 22.8 Å². The van der Waals surface area contributed by atoms with E-state index in [1.165, 1.54) is 17.7 Å². The van der Waals surface area contributed by atoms with Crippen molar-refractivity contribution in [1.82, 2.24) is 14.8 Å². The summed E-state index contributed by atoms with van der Waals surface area (Å²) in [6.07, 6.45) is 2.16. The van der Waals surface area contributed by atoms with Crippen LogP contribution in [0.25, 0.3) is 22.2 Å². The van der Waals surface area contributed by atoms with Crippen molar-refractivity contribution in [2.45, 2.75) is 45.8 Å². The highest BCUT2D eigenvalue weighted by molar-refractivity contribution is 7.86. The van der Waals surface area contributed by atoms with Gasteiger partial charge in [-0.1, -0.05) is 6.07 Å². The van der Waals surface area contributed by atoms with Crippen molar-refractivity contribution in [3.63, 3.8) is 0 Å². The number of carbonyl (C=O) groups is 2. The molecule has 210 valence electrons. The molecular weight excluding hydrogens is 522 g/mol. The van der Waals surface area contributed by atoms with Crippen LogP contribution in [-0.4, -0.2) is 69.5 Å². The average Bonchev–Trinajstić information content (AvgIpc) is 3.38. The second-order valence-corrected chi connectivity index (χ2v) is 12.5. The molecule has 1 amide bonds. The second-order valence-electron chi connectivity index (χ2n) is 10.9. The fourth-order valence-electron chi connectivity index (χ4n) is 4.70. The molecule has 0 radical (unpaired) electrons. The lowest BCUT2D eigenvalue weighted by molar-refractivity contribution is 0.0546. The minimum absolute atomic E-state index is 0.0475. The molecule has 11 heteroatoms. The monoisotopic (exact) mass is 557 g/mol. The summed E-state index contributed by atoms with van der Waals surface area (Å²) in [6.45, 7) is 6.34. The van der Waals surface area contributed by atoms with Gasteiger partial charge in [-0.05, 0) is 84.1 Å². The van der Waals surface area contributed by atoms with Gasteiger partial charge in [-0.3, -0.25) is 4.79 Å². The smallest absolute Gasteiger partial charge is 0.419 e. The molecular formula is C28H35N3O7S. The van der Waals surface area contributed by atoms with Crippen LogP contribution in [0.2, 0.25) is 0 Å². The topological polar surface area (TPSA) is 116 Å². The summed E-state index contributed by atoms with van der Waals surface area (Å²) < 4.78 is 41.9. The molecule has 1 aliphatic rings. The normalized spacial score (nSPS) is 13.5. The highest BCUT2D eigenvalue weighted by Crippen LogP contribution is 2.44. The first-order valence-corrected chi connectivity index (χ1v) is 14.4. The van der Waals surface area contributed by atoms with E-state index in [0.717, 1.165) is 36.6 Å². The molecule has 1 N–H and O–H groups in total. The number of fused-ring (bicyclic) bond motifs is 2. The molecule has 0 aliphatic carbocycles. The standard InChI is InChI=1S/C28H35N3O7S/c1-28(2,3)37-27(33)31-21-11-10-17(9-8-12-30(4)5)13-18(21)14-22(31)19-15-23(36-6)25(38-39(7,34)35)20-16-29-26(32)24(19)20/h10-11,13-15H,8-9,12,16H2,1-7H3,(H,29,32). The third kappa shape index (κ3) is 6.20. The number of nitrogens with one attached hydrogen (secondary N) is 1. The summed E-state index contributed by atoms with van der Waals surface area (Å²) in [6, 6.07) is 9.27. The van der Waals surface area contributed by atoms with Gasteiger partial charge in [0, 0.05) is 23.1 Å². The number of aromatic nitrogens is 1. The number of ether oxygens (including phenoxy) is 2. The van der Waals surface area contributed by atoms with Crippen LogP contribution in [-0.2, 0) is 27.8 Å². The number of rotatable bonds is 8. The third-order valence-corrected chi connectivity index (χ3v) is 6.71. The van der Waals surface area contributed by atoms with Crippen LogP contribution in [0.5, 0.6) is 11.5 Å². The Bertz CT molecular complexity index is 1550. The van der Waals surface area contributed by atoms with Crippen LogP contribution in [0.15, 0.2) is 30.3 Å². The molecule has 0 unspecified atom stereocenters. The minimum atomic E-state index is -3.91. The number of methoxy groups -OCH3 is 1. The molecule has 2 heterocycles. The van der Waals surface area contributed by atoms with Gasteiger partial charge in [0.1, 0.15) is 5.60 Å². The predicted molar refractivity (Wildman–Crippen MR) is 149 cm³/mol. The van der Waals surface area contributed by atoms with E-state index in [0.29, 0.717) is 22.3 Å². The lowest BCUT2D eigenvalue weighted by Crippen LogP contribution is -2.27. The number of nitrogens with zero attached hydrogens (tertiary/aromatic N) is 2. The molecule has 0 atom stereocenters. The Labute approximate surface area is 229 Å². The zero-order chi connectivity index (χ0) is 28.7. The van der Waals surface area contributed by atoms with Crippen molar-refractivity contribution in [1.29, 1.82) is 0 Å². The third-order valence-electron chi connectivity index (χ3n) is 6.24. The van der Waals surface area contributed by atoms with Crippen LogP contribution in [0.3, 0.4) is 0 Å². The van der Waals surface area contributed by atoms with E-state index in [1.807, 2.05) is 38.4 Å². The molecule has 2 aromatic carbocycles. The number of amides is 1. The summed E-state index contributed by atoms with van der Waals surface area (Å²) in [5.74, 6) is -0.345. The molecule has 0 bridgehead atoms. The molecule has 39 heavy (non-hydrogen) atoms. The van der Waals surface area contributed by atoms with E-state index in [-0.39, 0.29) is 23.6 Å². The fourth-order valence-corrected chi connectivity index (χ4v) is 5.18. The van der Waals surface area contributed by atoms with Gasteiger partial charge in [0.15, 0.2) is 11.5 Å². The maximum atomic E-state index is 13.6. The number of carbonyl (C=O) groups excluding carboxylic acids is 2. The van der Waals surface area contributed by atoms with Crippen LogP contribution in [0.4, 0.5) is 4.79 Å². The van der Waals surface area contributed by atoms with Crippen molar-refractivity contribution < 1.29 is 31.7 Å². The molecule has 0 saturated heterocycles. The van der Waals surface area contributed by atoms with Crippen molar-refractivity contribution in [3.05, 3.63) is 47.0 Å². The van der Waals surface area contributed by atoms with Gasteiger partial charge < -0.3 is 23.9 Å². The van der Waals surface area contributed by atoms with Crippen molar-refractivity contribution >= 4 is 33.0 Å². The lowest BCUT2D eigenvalue weighted by Gasteiger charge is -2.22. The molecule has 0 fully saturated rings. The predicted octanol–water partition coefficient (Wildman–Crippen LogP) is 4.18. The first-order chi connectivity index (χ1) is 18.2. The Morgan fingerprint density at radius 1 is 1.15 bits per heavy atom. The Kier molecular flexibility index (Phi) is 7.68. The summed E-state index contributed by atoms with van der Waals surface area (Å²) in [5.41, 5.74) is 2.35. The van der Waals surface area contributed by atoms with E-state index in [9.17, 15) is 18.0 Å². The first kappa shape index (κ1) is 28.4. The fraction of sp³-hybridized carbons (Fsp3) is 0.429. The van der Waals surface area contributed by atoms with Gasteiger partial charge in [0.25, 0.3) is 5.91 Å². The quantitative estimate of drug-likeness (QED) is 0.410. The zero-order valence-electron chi connectivity index (χ0n) is 23.4. The average molecular weight is 558 g/mol. The van der Waals surface area contributed by atoms with E-state index in [2.05, 4.69) is 10.2 Å². The van der Waals surface area contributed by atoms with Gasteiger partial charge in [-0.15, -0.1) is 0 Å². The van der Waals surface area contributed by atoms with Crippen molar-refractivity contribution in [2.75, 3.05) is 34.0 Å². The highest BCUT2D eigenvalue weighted by Gasteiger charge is 2.34. The summed E-state index contributed by atoms with van der Waals surface area (Å²) in [7, 11) is 1.54. The van der Waals surface area contributed by atoms with Gasteiger partial charge in [0.05, 0.1) is 30.1 Å².